The molecule has 1 aromatic heterocycles. The minimum absolute atomic E-state index is 0.0519. The molecular weight excluding hydrogens is 232 g/mol. The van der Waals surface area contributed by atoms with E-state index in [9.17, 15) is 0 Å². The summed E-state index contributed by atoms with van der Waals surface area (Å²) in [4.78, 5) is 4.45. The van der Waals surface area contributed by atoms with Gasteiger partial charge in [0.25, 0.3) is 0 Å². The summed E-state index contributed by atoms with van der Waals surface area (Å²) >= 11 is 1.72. The highest BCUT2D eigenvalue weighted by Gasteiger charge is 2.19. The van der Waals surface area contributed by atoms with Gasteiger partial charge in [-0.05, 0) is 34.1 Å². The van der Waals surface area contributed by atoms with Gasteiger partial charge in [0.15, 0.2) is 0 Å². The highest BCUT2D eigenvalue weighted by Crippen LogP contribution is 2.15. The molecule has 4 heteroatoms. The topological polar surface area (TPSA) is 34.1 Å². The number of nitrogens with zero attached hydrogens (tertiary/aromatic N) is 1. The van der Waals surface area contributed by atoms with Crippen LogP contribution in [0.1, 0.15) is 37.9 Å². The van der Waals surface area contributed by atoms with E-state index in [-0.39, 0.29) is 5.60 Å². The summed E-state index contributed by atoms with van der Waals surface area (Å²) in [7, 11) is 1.77. The quantitative estimate of drug-likeness (QED) is 0.814. The van der Waals surface area contributed by atoms with Gasteiger partial charge in [-0.2, -0.15) is 0 Å². The van der Waals surface area contributed by atoms with Crippen LogP contribution in [-0.2, 0) is 11.2 Å². The Labute approximate surface area is 109 Å². The molecule has 0 spiro atoms. The standard InChI is InChI=1S/C13H24N2OS/c1-10(8-13(3,4)16-5)14-7-6-12-9-17-11(2)15-12/h9-10,14H,6-8H2,1-5H3. The minimum Gasteiger partial charge on any atom is -0.379 e. The first-order chi connectivity index (χ1) is 7.93. The van der Waals surface area contributed by atoms with E-state index < -0.39 is 0 Å². The number of hydrogen-bond acceptors (Lipinski definition) is 4. The van der Waals surface area contributed by atoms with Crippen LogP contribution in [0.3, 0.4) is 0 Å². The van der Waals surface area contributed by atoms with Crippen LogP contribution in [0.2, 0.25) is 0 Å². The average Bonchev–Trinajstić information content (AvgIpc) is 2.63. The number of nitrogens with one attached hydrogen (secondary N) is 1. The van der Waals surface area contributed by atoms with Gasteiger partial charge in [-0.3, -0.25) is 0 Å². The molecule has 1 atom stereocenters. The Kier molecular flexibility index (Phi) is 5.56. The van der Waals surface area contributed by atoms with Crippen LogP contribution in [0.25, 0.3) is 0 Å². The zero-order valence-corrected chi connectivity index (χ0v) is 12.4. The summed E-state index contributed by atoms with van der Waals surface area (Å²) in [5, 5.41) is 6.80. The van der Waals surface area contributed by atoms with Crippen molar-refractivity contribution < 1.29 is 4.74 Å². The Morgan fingerprint density at radius 3 is 2.76 bits per heavy atom. The minimum atomic E-state index is -0.0519. The van der Waals surface area contributed by atoms with Gasteiger partial charge in [0.2, 0.25) is 0 Å². The molecule has 1 rings (SSSR count). The zero-order chi connectivity index (χ0) is 12.9. The summed E-state index contributed by atoms with van der Waals surface area (Å²) in [6.07, 6.45) is 2.02. The molecule has 1 unspecified atom stereocenters. The van der Waals surface area contributed by atoms with Gasteiger partial charge in [-0.15, -0.1) is 11.3 Å². The highest BCUT2D eigenvalue weighted by atomic mass is 32.1. The summed E-state index contributed by atoms with van der Waals surface area (Å²) in [5.74, 6) is 0. The zero-order valence-electron chi connectivity index (χ0n) is 11.5. The van der Waals surface area contributed by atoms with Gasteiger partial charge >= 0.3 is 0 Å². The lowest BCUT2D eigenvalue weighted by molar-refractivity contribution is 0.00865. The van der Waals surface area contributed by atoms with Crippen molar-refractivity contribution in [2.45, 2.75) is 52.2 Å². The Morgan fingerprint density at radius 2 is 2.24 bits per heavy atom. The van der Waals surface area contributed by atoms with E-state index >= 15 is 0 Å². The fourth-order valence-corrected chi connectivity index (χ4v) is 2.51. The van der Waals surface area contributed by atoms with Gasteiger partial charge in [0.05, 0.1) is 16.3 Å². The number of rotatable bonds is 7. The van der Waals surface area contributed by atoms with Crippen molar-refractivity contribution >= 4 is 11.3 Å². The number of ether oxygens (including phenoxy) is 1. The number of aromatic nitrogens is 1. The third-order valence-electron chi connectivity index (χ3n) is 2.89. The molecule has 0 aromatic carbocycles. The number of thiazole rings is 1. The van der Waals surface area contributed by atoms with Crippen molar-refractivity contribution in [3.05, 3.63) is 16.1 Å². The molecular formula is C13H24N2OS. The fourth-order valence-electron chi connectivity index (χ4n) is 1.86. The number of methoxy groups -OCH3 is 1. The second-order valence-corrected chi connectivity index (χ2v) is 6.19. The van der Waals surface area contributed by atoms with Gasteiger partial charge in [-0.25, -0.2) is 4.98 Å². The van der Waals surface area contributed by atoms with E-state index in [4.69, 9.17) is 4.74 Å². The third-order valence-corrected chi connectivity index (χ3v) is 3.71. The van der Waals surface area contributed by atoms with E-state index in [1.807, 2.05) is 6.92 Å². The van der Waals surface area contributed by atoms with E-state index in [1.54, 1.807) is 18.4 Å². The van der Waals surface area contributed by atoms with Gasteiger partial charge in [-0.1, -0.05) is 0 Å². The van der Waals surface area contributed by atoms with Crippen LogP contribution < -0.4 is 5.32 Å². The first-order valence-electron chi connectivity index (χ1n) is 6.12. The maximum atomic E-state index is 5.43. The third kappa shape index (κ3) is 5.61. The molecule has 98 valence electrons. The molecule has 0 aliphatic rings. The summed E-state index contributed by atoms with van der Waals surface area (Å²) in [5.41, 5.74) is 1.14. The highest BCUT2D eigenvalue weighted by molar-refractivity contribution is 7.09. The van der Waals surface area contributed by atoms with Crippen molar-refractivity contribution in [3.63, 3.8) is 0 Å². The van der Waals surface area contributed by atoms with Crippen LogP contribution >= 0.6 is 11.3 Å². The normalized spacial score (nSPS) is 13.9. The second-order valence-electron chi connectivity index (χ2n) is 5.13. The molecule has 0 saturated carbocycles. The van der Waals surface area contributed by atoms with E-state index in [0.717, 1.165) is 24.4 Å². The maximum Gasteiger partial charge on any atom is 0.0897 e. The van der Waals surface area contributed by atoms with E-state index in [1.165, 1.54) is 5.69 Å². The molecule has 3 nitrogen and oxygen atoms in total. The SMILES string of the molecule is COC(C)(C)CC(C)NCCc1csc(C)n1. The maximum absolute atomic E-state index is 5.43. The molecule has 0 amide bonds. The number of aryl methyl sites for hydroxylation is 1. The van der Waals surface area contributed by atoms with Crippen molar-refractivity contribution in [1.82, 2.24) is 10.3 Å². The largest absolute Gasteiger partial charge is 0.379 e. The van der Waals surface area contributed by atoms with Gasteiger partial charge in [0.1, 0.15) is 0 Å². The lowest BCUT2D eigenvalue weighted by Gasteiger charge is -2.27. The Morgan fingerprint density at radius 1 is 1.53 bits per heavy atom. The smallest absolute Gasteiger partial charge is 0.0897 e. The second kappa shape index (κ2) is 6.47. The van der Waals surface area contributed by atoms with Crippen LogP contribution in [0.15, 0.2) is 5.38 Å². The number of hydrogen-bond donors (Lipinski definition) is 1. The predicted octanol–water partition coefficient (Wildman–Crippen LogP) is 2.79. The summed E-state index contributed by atoms with van der Waals surface area (Å²) in [6, 6.07) is 0.463. The molecule has 1 heterocycles. The molecule has 0 fully saturated rings. The van der Waals surface area contributed by atoms with Crippen molar-refractivity contribution in [2.24, 2.45) is 0 Å². The Hall–Kier alpha value is -0.450. The van der Waals surface area contributed by atoms with Crippen LogP contribution in [-0.4, -0.2) is 30.3 Å². The molecule has 0 aliphatic carbocycles. The van der Waals surface area contributed by atoms with Gasteiger partial charge in [0, 0.05) is 31.5 Å². The molecule has 0 aliphatic heterocycles. The first-order valence-corrected chi connectivity index (χ1v) is 7.00. The van der Waals surface area contributed by atoms with Crippen LogP contribution in [0.5, 0.6) is 0 Å². The lowest BCUT2D eigenvalue weighted by Crippen LogP contribution is -2.36. The van der Waals surface area contributed by atoms with Gasteiger partial charge < -0.3 is 10.1 Å². The van der Waals surface area contributed by atoms with Crippen molar-refractivity contribution in [2.75, 3.05) is 13.7 Å². The molecule has 1 N–H and O–H groups in total. The molecule has 0 bridgehead atoms. The first kappa shape index (κ1) is 14.6. The van der Waals surface area contributed by atoms with Crippen LogP contribution in [0.4, 0.5) is 0 Å². The predicted molar refractivity (Wildman–Crippen MR) is 73.7 cm³/mol. The average molecular weight is 256 g/mol. The molecule has 17 heavy (non-hydrogen) atoms. The molecule has 0 radical (unpaired) electrons. The van der Waals surface area contributed by atoms with Crippen LogP contribution in [0, 0.1) is 6.92 Å². The Balaban J connectivity index is 2.22. The summed E-state index contributed by atoms with van der Waals surface area (Å²) < 4.78 is 5.43. The lowest BCUT2D eigenvalue weighted by atomic mass is 10.00. The summed E-state index contributed by atoms with van der Waals surface area (Å²) in [6.45, 7) is 9.46. The monoisotopic (exact) mass is 256 g/mol. The molecule has 0 saturated heterocycles. The van der Waals surface area contributed by atoms with E-state index in [0.29, 0.717) is 6.04 Å². The molecule has 1 aromatic rings. The van der Waals surface area contributed by atoms with E-state index in [2.05, 4.69) is 36.5 Å². The fraction of sp³-hybridized carbons (Fsp3) is 0.769. The van der Waals surface area contributed by atoms with Crippen molar-refractivity contribution in [3.8, 4) is 0 Å². The Bertz CT molecular complexity index is 336. The van der Waals surface area contributed by atoms with Crippen molar-refractivity contribution in [1.29, 1.82) is 0 Å².